The van der Waals surface area contributed by atoms with Crippen LogP contribution >= 0.6 is 0 Å². The number of anilines is 1. The van der Waals surface area contributed by atoms with Crippen molar-refractivity contribution in [3.63, 3.8) is 0 Å². The molecule has 0 radical (unpaired) electrons. The van der Waals surface area contributed by atoms with E-state index >= 15 is 0 Å². The lowest BCUT2D eigenvalue weighted by Gasteiger charge is -2.07. The van der Waals surface area contributed by atoms with Gasteiger partial charge in [-0.2, -0.15) is 5.10 Å². The molecule has 1 heterocycles. The topological polar surface area (TPSA) is 37.3 Å². The molecule has 0 atom stereocenters. The predicted octanol–water partition coefficient (Wildman–Crippen LogP) is 4.27. The fourth-order valence-corrected chi connectivity index (χ4v) is 2.17. The Hall–Kier alpha value is -2.82. The van der Waals surface area contributed by atoms with Gasteiger partial charge in [0.25, 0.3) is 0 Å². The summed E-state index contributed by atoms with van der Waals surface area (Å²) < 4.78 is 26.9. The number of aromatic nitrogens is 1. The molecular weight excluding hydrogens is 284 g/mol. The lowest BCUT2D eigenvalue weighted by Crippen LogP contribution is -1.96. The first-order valence-electron chi connectivity index (χ1n) is 6.74. The molecule has 0 bridgehead atoms. The van der Waals surface area contributed by atoms with Gasteiger partial charge in [-0.3, -0.25) is 10.4 Å². The van der Waals surface area contributed by atoms with Crippen molar-refractivity contribution in [3.8, 4) is 0 Å². The van der Waals surface area contributed by atoms with Crippen molar-refractivity contribution in [2.45, 2.75) is 6.92 Å². The Morgan fingerprint density at radius 2 is 1.91 bits per heavy atom. The molecule has 0 fully saturated rings. The van der Waals surface area contributed by atoms with Crippen LogP contribution < -0.4 is 5.43 Å². The molecule has 0 saturated heterocycles. The molecule has 0 aliphatic carbocycles. The maximum atomic E-state index is 13.5. The summed E-state index contributed by atoms with van der Waals surface area (Å²) in [6.45, 7) is 1.84. The molecule has 0 spiro atoms. The van der Waals surface area contributed by atoms with Crippen LogP contribution in [0.5, 0.6) is 0 Å². The number of aryl methyl sites for hydroxylation is 1. The van der Waals surface area contributed by atoms with Crippen molar-refractivity contribution in [3.05, 3.63) is 71.4 Å². The standard InChI is InChI=1S/C17H13F2N3/c1-11-8-17(14-9-13(18)6-7-16(14)21-11)22-20-10-12-4-2-3-5-15(12)19/h2-10H,1H3,(H,21,22)/b20-10+. The van der Waals surface area contributed by atoms with Gasteiger partial charge in [-0.25, -0.2) is 8.78 Å². The van der Waals surface area contributed by atoms with E-state index < -0.39 is 0 Å². The zero-order chi connectivity index (χ0) is 15.5. The van der Waals surface area contributed by atoms with Gasteiger partial charge in [0.05, 0.1) is 17.4 Å². The Morgan fingerprint density at radius 3 is 2.73 bits per heavy atom. The summed E-state index contributed by atoms with van der Waals surface area (Å²) in [5.41, 5.74) is 5.27. The molecule has 0 unspecified atom stereocenters. The van der Waals surface area contributed by atoms with E-state index in [0.29, 0.717) is 22.2 Å². The highest BCUT2D eigenvalue weighted by Crippen LogP contribution is 2.24. The highest BCUT2D eigenvalue weighted by Gasteiger charge is 2.05. The van der Waals surface area contributed by atoms with E-state index in [1.165, 1.54) is 24.4 Å². The summed E-state index contributed by atoms with van der Waals surface area (Å²) in [6.07, 6.45) is 1.39. The van der Waals surface area contributed by atoms with Gasteiger partial charge in [0.15, 0.2) is 0 Å². The minimum absolute atomic E-state index is 0.348. The molecule has 2 aromatic carbocycles. The van der Waals surface area contributed by atoms with Gasteiger partial charge in [0.2, 0.25) is 0 Å². The predicted molar refractivity (Wildman–Crippen MR) is 84.1 cm³/mol. The van der Waals surface area contributed by atoms with Crippen LogP contribution in [-0.4, -0.2) is 11.2 Å². The zero-order valence-corrected chi connectivity index (χ0v) is 11.8. The van der Waals surface area contributed by atoms with Crippen molar-refractivity contribution >= 4 is 22.8 Å². The van der Waals surface area contributed by atoms with Crippen LogP contribution in [-0.2, 0) is 0 Å². The maximum absolute atomic E-state index is 13.5. The average molecular weight is 297 g/mol. The van der Waals surface area contributed by atoms with Crippen LogP contribution in [0.4, 0.5) is 14.5 Å². The summed E-state index contributed by atoms with van der Waals surface area (Å²) >= 11 is 0. The smallest absolute Gasteiger partial charge is 0.132 e. The number of hydrogen-bond donors (Lipinski definition) is 1. The first-order valence-corrected chi connectivity index (χ1v) is 6.74. The highest BCUT2D eigenvalue weighted by molar-refractivity contribution is 5.92. The first kappa shape index (κ1) is 14.1. The molecule has 0 aliphatic heterocycles. The second-order valence-corrected chi connectivity index (χ2v) is 4.86. The van der Waals surface area contributed by atoms with E-state index in [2.05, 4.69) is 15.5 Å². The van der Waals surface area contributed by atoms with Crippen LogP contribution in [0.3, 0.4) is 0 Å². The molecule has 1 aromatic heterocycles. The van der Waals surface area contributed by atoms with Crippen molar-refractivity contribution in [1.29, 1.82) is 0 Å². The number of nitrogens with one attached hydrogen (secondary N) is 1. The Labute approximate surface area is 126 Å². The number of rotatable bonds is 3. The second kappa shape index (κ2) is 5.89. The quantitative estimate of drug-likeness (QED) is 0.579. The number of hydrogen-bond acceptors (Lipinski definition) is 3. The third-order valence-electron chi connectivity index (χ3n) is 3.19. The molecule has 0 aliphatic rings. The third-order valence-corrected chi connectivity index (χ3v) is 3.19. The van der Waals surface area contributed by atoms with Crippen LogP contribution in [0.1, 0.15) is 11.3 Å². The van der Waals surface area contributed by atoms with Gasteiger partial charge in [0, 0.05) is 16.6 Å². The molecular formula is C17H13F2N3. The summed E-state index contributed by atoms with van der Waals surface area (Å²) in [7, 11) is 0. The molecule has 3 aromatic rings. The van der Waals surface area contributed by atoms with E-state index in [4.69, 9.17) is 0 Å². The molecule has 0 saturated carbocycles. The lowest BCUT2D eigenvalue weighted by atomic mass is 10.1. The molecule has 3 nitrogen and oxygen atoms in total. The van der Waals surface area contributed by atoms with Crippen molar-refractivity contribution in [2.24, 2.45) is 5.10 Å². The Morgan fingerprint density at radius 1 is 1.09 bits per heavy atom. The van der Waals surface area contributed by atoms with E-state index in [-0.39, 0.29) is 11.6 Å². The fourth-order valence-electron chi connectivity index (χ4n) is 2.17. The molecule has 3 rings (SSSR count). The molecule has 110 valence electrons. The van der Waals surface area contributed by atoms with Crippen molar-refractivity contribution in [1.82, 2.24) is 4.98 Å². The number of hydrazone groups is 1. The van der Waals surface area contributed by atoms with Gasteiger partial charge in [-0.15, -0.1) is 0 Å². The Bertz CT molecular complexity index is 860. The van der Waals surface area contributed by atoms with Gasteiger partial charge in [0.1, 0.15) is 11.6 Å². The van der Waals surface area contributed by atoms with E-state index in [9.17, 15) is 8.78 Å². The largest absolute Gasteiger partial charge is 0.278 e. The maximum Gasteiger partial charge on any atom is 0.132 e. The summed E-state index contributed by atoms with van der Waals surface area (Å²) in [5, 5.41) is 4.65. The van der Waals surface area contributed by atoms with Gasteiger partial charge in [-0.05, 0) is 37.3 Å². The van der Waals surface area contributed by atoms with Crippen LogP contribution in [0, 0.1) is 18.6 Å². The lowest BCUT2D eigenvalue weighted by molar-refractivity contribution is 0.626. The minimum atomic E-state index is -0.352. The molecule has 5 heteroatoms. The highest BCUT2D eigenvalue weighted by atomic mass is 19.1. The summed E-state index contributed by atoms with van der Waals surface area (Å²) in [6, 6.07) is 12.5. The molecule has 1 N–H and O–H groups in total. The number of nitrogens with zero attached hydrogens (tertiary/aromatic N) is 2. The monoisotopic (exact) mass is 297 g/mol. The normalized spacial score (nSPS) is 11.2. The number of halogens is 2. The van der Waals surface area contributed by atoms with E-state index in [1.54, 1.807) is 30.3 Å². The number of fused-ring (bicyclic) bond motifs is 1. The van der Waals surface area contributed by atoms with Gasteiger partial charge >= 0.3 is 0 Å². The SMILES string of the molecule is Cc1cc(N/N=C/c2ccccc2F)c2cc(F)ccc2n1. The van der Waals surface area contributed by atoms with Crippen LogP contribution in [0.2, 0.25) is 0 Å². The van der Waals surface area contributed by atoms with Crippen molar-refractivity contribution in [2.75, 3.05) is 5.43 Å². The number of pyridine rings is 1. The van der Waals surface area contributed by atoms with E-state index in [1.807, 2.05) is 6.92 Å². The number of benzene rings is 2. The van der Waals surface area contributed by atoms with Crippen LogP contribution in [0.15, 0.2) is 53.6 Å². The second-order valence-electron chi connectivity index (χ2n) is 4.86. The average Bonchev–Trinajstić information content (AvgIpc) is 2.50. The zero-order valence-electron chi connectivity index (χ0n) is 11.8. The van der Waals surface area contributed by atoms with Gasteiger partial charge in [-0.1, -0.05) is 18.2 Å². The van der Waals surface area contributed by atoms with Gasteiger partial charge < -0.3 is 0 Å². The van der Waals surface area contributed by atoms with E-state index in [0.717, 1.165) is 5.69 Å². The third kappa shape index (κ3) is 2.93. The molecule has 0 amide bonds. The molecule has 22 heavy (non-hydrogen) atoms. The summed E-state index contributed by atoms with van der Waals surface area (Å²) in [4.78, 5) is 4.34. The van der Waals surface area contributed by atoms with Crippen molar-refractivity contribution < 1.29 is 8.78 Å². The fraction of sp³-hybridized carbons (Fsp3) is 0.0588. The Balaban J connectivity index is 1.94. The summed E-state index contributed by atoms with van der Waals surface area (Å²) in [5.74, 6) is -0.700. The Kier molecular flexibility index (Phi) is 3.78. The first-order chi connectivity index (χ1) is 10.6. The minimum Gasteiger partial charge on any atom is -0.278 e. The van der Waals surface area contributed by atoms with Crippen LogP contribution in [0.25, 0.3) is 10.9 Å².